The van der Waals surface area contributed by atoms with Crippen LogP contribution in [0.4, 0.5) is 0 Å². The van der Waals surface area contributed by atoms with Gasteiger partial charge in [-0.3, -0.25) is 4.79 Å². The number of hydrogen-bond acceptors (Lipinski definition) is 3. The molecule has 3 rings (SSSR count). The molecule has 0 atom stereocenters. The largest absolute Gasteiger partial charge is 0.495 e. The molecular weight excluding hydrogens is 275 g/mol. The summed E-state index contributed by atoms with van der Waals surface area (Å²) in [6, 6.07) is 11.8. The Hall–Kier alpha value is -1.65. The highest BCUT2D eigenvalue weighted by Crippen LogP contribution is 2.37. The lowest BCUT2D eigenvalue weighted by molar-refractivity contribution is 0.00578. The predicted octanol–water partition coefficient (Wildman–Crippen LogP) is 3.34. The van der Waals surface area contributed by atoms with Crippen LogP contribution < -0.4 is 5.46 Å². The minimum Gasteiger partial charge on any atom is -0.399 e. The first-order valence-corrected chi connectivity index (χ1v) is 7.60. The van der Waals surface area contributed by atoms with E-state index in [9.17, 15) is 4.79 Å². The van der Waals surface area contributed by atoms with Crippen molar-refractivity contribution in [2.45, 2.75) is 45.8 Å². The maximum absolute atomic E-state index is 11.8. The first-order chi connectivity index (χ1) is 10.2. The van der Waals surface area contributed by atoms with Gasteiger partial charge >= 0.3 is 7.12 Å². The molecule has 0 aliphatic carbocycles. The van der Waals surface area contributed by atoms with Crippen molar-refractivity contribution < 1.29 is 14.1 Å². The van der Waals surface area contributed by atoms with Crippen LogP contribution in [0.3, 0.4) is 0 Å². The number of carbonyl (C=O) groups excluding carboxylic acids is 1. The summed E-state index contributed by atoms with van der Waals surface area (Å²) in [5.41, 5.74) is 0.807. The highest BCUT2D eigenvalue weighted by molar-refractivity contribution is 6.65. The van der Waals surface area contributed by atoms with Crippen LogP contribution in [0.1, 0.15) is 45.0 Å². The molecule has 114 valence electrons. The van der Waals surface area contributed by atoms with E-state index in [1.807, 2.05) is 64.1 Å². The highest BCUT2D eigenvalue weighted by Gasteiger charge is 2.52. The van der Waals surface area contributed by atoms with Crippen LogP contribution in [0, 0.1) is 0 Å². The van der Waals surface area contributed by atoms with Gasteiger partial charge in [-0.1, -0.05) is 30.3 Å². The fraction of sp³-hybridized carbons (Fsp3) is 0.389. The van der Waals surface area contributed by atoms with Gasteiger partial charge in [-0.05, 0) is 56.9 Å². The molecule has 1 fully saturated rings. The molecule has 22 heavy (non-hydrogen) atoms. The zero-order valence-electron chi connectivity index (χ0n) is 13.8. The third kappa shape index (κ3) is 2.36. The normalized spacial score (nSPS) is 19.6. The maximum atomic E-state index is 11.8. The van der Waals surface area contributed by atoms with E-state index in [2.05, 4.69) is 0 Å². The maximum Gasteiger partial charge on any atom is 0.495 e. The Morgan fingerprint density at radius 1 is 1.00 bits per heavy atom. The van der Waals surface area contributed by atoms with E-state index >= 15 is 0 Å². The first-order valence-electron chi connectivity index (χ1n) is 7.60. The van der Waals surface area contributed by atoms with Crippen molar-refractivity contribution >= 4 is 29.1 Å². The van der Waals surface area contributed by atoms with Gasteiger partial charge in [-0.2, -0.15) is 0 Å². The molecule has 0 spiro atoms. The number of hydrogen-bond donors (Lipinski definition) is 0. The Kier molecular flexibility index (Phi) is 3.42. The van der Waals surface area contributed by atoms with Crippen molar-refractivity contribution in [3.63, 3.8) is 0 Å². The minimum atomic E-state index is -0.464. The van der Waals surface area contributed by atoms with Gasteiger partial charge in [0, 0.05) is 5.56 Å². The molecule has 2 aromatic carbocycles. The fourth-order valence-electron chi connectivity index (χ4n) is 2.71. The molecule has 0 N–H and O–H groups in total. The van der Waals surface area contributed by atoms with Gasteiger partial charge in [0.05, 0.1) is 11.2 Å². The van der Waals surface area contributed by atoms with Crippen LogP contribution >= 0.6 is 0 Å². The molecule has 1 aliphatic rings. The molecule has 3 nitrogen and oxygen atoms in total. The van der Waals surface area contributed by atoms with Crippen molar-refractivity contribution in [1.82, 2.24) is 0 Å². The molecule has 1 heterocycles. The predicted molar refractivity (Wildman–Crippen MR) is 89.7 cm³/mol. The molecule has 0 amide bonds. The van der Waals surface area contributed by atoms with Gasteiger partial charge in [-0.15, -0.1) is 0 Å². The van der Waals surface area contributed by atoms with Gasteiger partial charge in [-0.25, -0.2) is 0 Å². The molecule has 0 radical (unpaired) electrons. The summed E-state index contributed by atoms with van der Waals surface area (Å²) in [5, 5.41) is 2.09. The summed E-state index contributed by atoms with van der Waals surface area (Å²) >= 11 is 0. The van der Waals surface area contributed by atoms with E-state index in [-0.39, 0.29) is 5.78 Å². The second kappa shape index (κ2) is 4.93. The number of ketones is 1. The topological polar surface area (TPSA) is 35.5 Å². The molecule has 0 bridgehead atoms. The van der Waals surface area contributed by atoms with Gasteiger partial charge in [0.25, 0.3) is 0 Å². The van der Waals surface area contributed by atoms with Crippen molar-refractivity contribution in [2.75, 3.05) is 0 Å². The Bertz CT molecular complexity index is 733. The fourth-order valence-corrected chi connectivity index (χ4v) is 2.71. The minimum absolute atomic E-state index is 0.0449. The van der Waals surface area contributed by atoms with Crippen molar-refractivity contribution in [1.29, 1.82) is 0 Å². The molecule has 2 aromatic rings. The number of Topliss-reactive ketones (excluding diaryl/α,β-unsaturated/α-hetero) is 1. The summed E-state index contributed by atoms with van der Waals surface area (Å²) in [6.07, 6.45) is 0. The molecule has 1 aliphatic heterocycles. The second-order valence-electron chi connectivity index (χ2n) is 6.93. The second-order valence-corrected chi connectivity index (χ2v) is 6.93. The third-order valence-electron chi connectivity index (χ3n) is 4.81. The number of benzene rings is 2. The Labute approximate surface area is 131 Å². The van der Waals surface area contributed by atoms with E-state index in [4.69, 9.17) is 9.31 Å². The number of carbonyl (C=O) groups is 1. The third-order valence-corrected chi connectivity index (χ3v) is 4.81. The average molecular weight is 296 g/mol. The Morgan fingerprint density at radius 3 is 2.18 bits per heavy atom. The summed E-state index contributed by atoms with van der Waals surface area (Å²) < 4.78 is 12.3. The summed E-state index contributed by atoms with van der Waals surface area (Å²) in [6.45, 7) is 9.71. The molecular formula is C18H21BO3. The molecule has 4 heteroatoms. The average Bonchev–Trinajstić information content (AvgIpc) is 2.66. The smallest absolute Gasteiger partial charge is 0.399 e. The highest BCUT2D eigenvalue weighted by atomic mass is 16.7. The van der Waals surface area contributed by atoms with E-state index in [0.717, 1.165) is 16.2 Å². The molecule has 1 saturated heterocycles. The monoisotopic (exact) mass is 296 g/mol. The lowest BCUT2D eigenvalue weighted by Crippen LogP contribution is -2.41. The number of fused-ring (bicyclic) bond motifs is 1. The van der Waals surface area contributed by atoms with Crippen LogP contribution in [-0.4, -0.2) is 24.1 Å². The van der Waals surface area contributed by atoms with Gasteiger partial charge in [0.2, 0.25) is 0 Å². The van der Waals surface area contributed by atoms with E-state index in [1.54, 1.807) is 6.92 Å². The first kappa shape index (κ1) is 15.3. The summed E-state index contributed by atoms with van der Waals surface area (Å²) in [5.74, 6) is 0.0449. The van der Waals surface area contributed by atoms with Gasteiger partial charge in [0.1, 0.15) is 0 Å². The van der Waals surface area contributed by atoms with E-state index in [0.29, 0.717) is 5.56 Å². The van der Waals surface area contributed by atoms with Crippen LogP contribution in [0.15, 0.2) is 36.4 Å². The van der Waals surface area contributed by atoms with Crippen molar-refractivity contribution in [3.05, 3.63) is 42.0 Å². The quantitative estimate of drug-likeness (QED) is 0.630. The summed E-state index contributed by atoms with van der Waals surface area (Å²) in [7, 11) is -0.464. The lowest BCUT2D eigenvalue weighted by Gasteiger charge is -2.32. The van der Waals surface area contributed by atoms with Crippen LogP contribution in [0.25, 0.3) is 10.8 Å². The standard InChI is InChI=1S/C18H21BO3/c1-12(20)14-10-13-8-6-7-9-15(13)16(11-14)19-21-17(2,3)18(4,5)22-19/h6-11H,1-5H3. The SMILES string of the molecule is CC(=O)c1cc(B2OC(C)(C)C(C)(C)O2)c2ccccc2c1. The van der Waals surface area contributed by atoms with Crippen LogP contribution in [0.5, 0.6) is 0 Å². The number of rotatable bonds is 2. The van der Waals surface area contributed by atoms with Crippen LogP contribution in [-0.2, 0) is 9.31 Å². The molecule has 0 aromatic heterocycles. The zero-order chi connectivity index (χ0) is 16.1. The van der Waals surface area contributed by atoms with Gasteiger partial charge in [0.15, 0.2) is 5.78 Å². The van der Waals surface area contributed by atoms with Crippen molar-refractivity contribution in [2.24, 2.45) is 0 Å². The van der Waals surface area contributed by atoms with Gasteiger partial charge < -0.3 is 9.31 Å². The molecule has 0 saturated carbocycles. The van der Waals surface area contributed by atoms with Crippen molar-refractivity contribution in [3.8, 4) is 0 Å². The van der Waals surface area contributed by atoms with E-state index in [1.165, 1.54) is 0 Å². The zero-order valence-corrected chi connectivity index (χ0v) is 13.8. The van der Waals surface area contributed by atoms with E-state index < -0.39 is 18.3 Å². The Balaban J connectivity index is 2.17. The Morgan fingerprint density at radius 2 is 1.59 bits per heavy atom. The van der Waals surface area contributed by atoms with Crippen LogP contribution in [0.2, 0.25) is 0 Å². The summed E-state index contributed by atoms with van der Waals surface area (Å²) in [4.78, 5) is 11.8. The lowest BCUT2D eigenvalue weighted by atomic mass is 9.75. The molecule has 0 unspecified atom stereocenters.